The topological polar surface area (TPSA) is 94.1 Å². The molecular weight excluding hydrogens is 496 g/mol. The Morgan fingerprint density at radius 3 is 2.39 bits per heavy atom. The zero-order chi connectivity index (χ0) is 27.1. The molecule has 206 valence electrons. The van der Waals surface area contributed by atoms with Crippen LogP contribution in [0, 0.1) is 23.1 Å². The number of ether oxygens (including phenoxy) is 3. The molecule has 3 aliphatic rings. The molecule has 0 N–H and O–H groups in total. The van der Waals surface area contributed by atoms with E-state index in [-0.39, 0.29) is 36.7 Å². The summed E-state index contributed by atoms with van der Waals surface area (Å²) in [7, 11) is 6.44. The summed E-state index contributed by atoms with van der Waals surface area (Å²) < 4.78 is 85.4. The molecule has 0 saturated heterocycles. The Labute approximate surface area is 213 Å². The number of benzene rings is 1. The highest BCUT2D eigenvalue weighted by molar-refractivity contribution is 7.80. The van der Waals surface area contributed by atoms with Crippen molar-refractivity contribution in [1.82, 2.24) is 0 Å². The van der Waals surface area contributed by atoms with Crippen molar-refractivity contribution in [3.63, 3.8) is 0 Å². The van der Waals surface area contributed by atoms with Gasteiger partial charge in [-0.05, 0) is 54.7 Å². The van der Waals surface area contributed by atoms with Gasteiger partial charge in [0, 0.05) is 25.6 Å². The van der Waals surface area contributed by atoms with E-state index in [0.29, 0.717) is 24.8 Å². The molecular formula is C25H39F2NO7S. The molecule has 7 atom stereocenters. The Balaban J connectivity index is 0.000000658. The Morgan fingerprint density at radius 1 is 1.19 bits per heavy atom. The first-order chi connectivity index (χ1) is 16.6. The summed E-state index contributed by atoms with van der Waals surface area (Å²) in [4.78, 5) is 0. The normalized spacial score (nSPS) is 33.6. The molecule has 0 aromatic heterocycles. The lowest BCUT2D eigenvalue weighted by Gasteiger charge is -2.53. The molecule has 0 unspecified atom stereocenters. The van der Waals surface area contributed by atoms with Crippen LogP contribution < -0.4 is 4.74 Å². The highest BCUT2D eigenvalue weighted by Crippen LogP contribution is 2.63. The maximum Gasteiger partial charge on any atom is 0.218 e. The van der Waals surface area contributed by atoms with E-state index in [1.165, 1.54) is 14.2 Å². The molecule has 0 heterocycles. The van der Waals surface area contributed by atoms with Gasteiger partial charge in [0.1, 0.15) is 12.3 Å². The highest BCUT2D eigenvalue weighted by Gasteiger charge is 2.62. The van der Waals surface area contributed by atoms with Gasteiger partial charge in [0.15, 0.2) is 18.4 Å². The number of methoxy groups -OCH3 is 2. The molecule has 0 amide bonds. The van der Waals surface area contributed by atoms with Crippen LogP contribution in [0.1, 0.15) is 43.2 Å². The fraction of sp³-hybridized carbons (Fsp3) is 0.760. The zero-order valence-electron chi connectivity index (χ0n) is 22.1. The van der Waals surface area contributed by atoms with E-state index in [4.69, 9.17) is 18.4 Å². The van der Waals surface area contributed by atoms with E-state index >= 15 is 4.39 Å². The molecule has 8 nitrogen and oxygen atoms in total. The minimum absolute atomic E-state index is 0.0532. The number of hydrogen-bond donors (Lipinski definition) is 0. The Morgan fingerprint density at radius 2 is 1.83 bits per heavy atom. The quantitative estimate of drug-likeness (QED) is 0.239. The average molecular weight is 536 g/mol. The zero-order valence-corrected chi connectivity index (χ0v) is 22.9. The van der Waals surface area contributed by atoms with Crippen molar-refractivity contribution < 1.29 is 44.6 Å². The third-order valence-corrected chi connectivity index (χ3v) is 7.95. The smallest absolute Gasteiger partial charge is 0.218 e. The molecule has 0 spiro atoms. The molecule has 0 bridgehead atoms. The number of nitrogens with zero attached hydrogens (tertiary/aromatic N) is 1. The van der Waals surface area contributed by atoms with Crippen LogP contribution in [0.5, 0.6) is 5.75 Å². The second-order valence-electron chi connectivity index (χ2n) is 11.7. The Kier molecular flexibility index (Phi) is 8.74. The van der Waals surface area contributed by atoms with E-state index in [1.807, 2.05) is 6.07 Å². The van der Waals surface area contributed by atoms with E-state index in [1.54, 1.807) is 13.0 Å². The first-order valence-corrected chi connectivity index (χ1v) is 13.5. The monoisotopic (exact) mass is 535 g/mol. The standard InChI is InChI=1S/C21H28F2O7S.C4H12N/c1-21-9-17(28-3)18-11-6-7-16(29-10-27-2)19(23)12(11)4-5-13(18)14(21)8-15(22)20(21)30-31(24,25)26;1-5(2,3)4/h6-7,13-15,17-18,20H,4-5,8-10H2,1-3H3,(H,24,25,26);1-4H3/q;+1/p-1/t13-,14-,15+,17-,18+,20-,21-;/m0./s1. The molecule has 3 aliphatic carbocycles. The first kappa shape index (κ1) is 29.2. The second-order valence-corrected chi connectivity index (χ2v) is 12.7. The molecule has 1 aromatic carbocycles. The van der Waals surface area contributed by atoms with Gasteiger partial charge in [0.05, 0.1) is 34.3 Å². The summed E-state index contributed by atoms with van der Waals surface area (Å²) in [6.07, 6.45) is -1.88. The van der Waals surface area contributed by atoms with Crippen molar-refractivity contribution in [2.24, 2.45) is 17.3 Å². The minimum atomic E-state index is -5.05. The number of alkyl halides is 1. The van der Waals surface area contributed by atoms with E-state index in [0.717, 1.165) is 10.0 Å². The summed E-state index contributed by atoms with van der Waals surface area (Å²) >= 11 is 0. The molecule has 36 heavy (non-hydrogen) atoms. The number of hydrogen-bond acceptors (Lipinski definition) is 7. The SMILES string of the molecule is COCOc1ccc2c(c1F)CC[C@@H]1[C@@H]2[C@@H](OC)C[C@@]2(C)[C@H]1C[C@@H](F)[C@@H]2OS(=O)(=O)[O-].C[N+](C)(C)C. The van der Waals surface area contributed by atoms with Crippen LogP contribution in [0.3, 0.4) is 0 Å². The van der Waals surface area contributed by atoms with Crippen molar-refractivity contribution >= 4 is 10.4 Å². The Bertz CT molecular complexity index is 1030. The van der Waals surface area contributed by atoms with Crippen LogP contribution in [0.15, 0.2) is 12.1 Å². The van der Waals surface area contributed by atoms with Crippen LogP contribution in [-0.4, -0.2) is 85.0 Å². The van der Waals surface area contributed by atoms with Crippen LogP contribution in [-0.2, 0) is 30.5 Å². The van der Waals surface area contributed by atoms with Gasteiger partial charge in [-0.1, -0.05) is 13.0 Å². The van der Waals surface area contributed by atoms with E-state index in [9.17, 15) is 17.4 Å². The molecule has 0 radical (unpaired) electrons. The minimum Gasteiger partial charge on any atom is -0.726 e. The van der Waals surface area contributed by atoms with Crippen LogP contribution >= 0.6 is 0 Å². The Hall–Kier alpha value is -1.37. The molecule has 11 heteroatoms. The van der Waals surface area contributed by atoms with Gasteiger partial charge in [0.2, 0.25) is 10.4 Å². The summed E-state index contributed by atoms with van der Waals surface area (Å²) in [6, 6.07) is 3.39. The lowest BCUT2D eigenvalue weighted by Crippen LogP contribution is -2.52. The van der Waals surface area contributed by atoms with E-state index < -0.39 is 40.0 Å². The predicted octanol–water partition coefficient (Wildman–Crippen LogP) is 3.41. The summed E-state index contributed by atoms with van der Waals surface area (Å²) in [5.74, 6) is -0.751. The maximum atomic E-state index is 15.1. The van der Waals surface area contributed by atoms with Gasteiger partial charge in [-0.15, -0.1) is 0 Å². The number of halogens is 2. The summed E-state index contributed by atoms with van der Waals surface area (Å²) in [5.41, 5.74) is 0.491. The van der Waals surface area contributed by atoms with Crippen molar-refractivity contribution in [3.8, 4) is 5.75 Å². The summed E-state index contributed by atoms with van der Waals surface area (Å²) in [6.45, 7) is 1.71. The lowest BCUT2D eigenvalue weighted by atomic mass is 9.54. The van der Waals surface area contributed by atoms with Crippen LogP contribution in [0.25, 0.3) is 0 Å². The van der Waals surface area contributed by atoms with Gasteiger partial charge in [-0.3, -0.25) is 4.18 Å². The molecule has 2 fully saturated rings. The lowest BCUT2D eigenvalue weighted by molar-refractivity contribution is -0.849. The fourth-order valence-corrected chi connectivity index (χ4v) is 6.94. The largest absolute Gasteiger partial charge is 0.726 e. The van der Waals surface area contributed by atoms with Crippen molar-refractivity contribution in [3.05, 3.63) is 29.1 Å². The third-order valence-electron chi connectivity index (χ3n) is 7.51. The average Bonchev–Trinajstić information content (AvgIpc) is 3.00. The van der Waals surface area contributed by atoms with Gasteiger partial charge < -0.3 is 23.2 Å². The molecule has 4 rings (SSSR count). The second kappa shape index (κ2) is 10.8. The third kappa shape index (κ3) is 6.19. The fourth-order valence-electron chi connectivity index (χ4n) is 6.34. The van der Waals surface area contributed by atoms with E-state index in [2.05, 4.69) is 28.2 Å². The van der Waals surface area contributed by atoms with Gasteiger partial charge in [-0.2, -0.15) is 0 Å². The molecule has 0 aliphatic heterocycles. The maximum absolute atomic E-state index is 15.1. The van der Waals surface area contributed by atoms with Crippen molar-refractivity contribution in [1.29, 1.82) is 0 Å². The van der Waals surface area contributed by atoms with Crippen LogP contribution in [0.4, 0.5) is 8.78 Å². The van der Waals surface area contributed by atoms with Gasteiger partial charge in [0.25, 0.3) is 0 Å². The van der Waals surface area contributed by atoms with Crippen molar-refractivity contribution in [2.75, 3.05) is 49.2 Å². The first-order valence-electron chi connectivity index (χ1n) is 12.1. The molecule has 1 aromatic rings. The number of quaternary nitrogens is 1. The summed E-state index contributed by atoms with van der Waals surface area (Å²) in [5, 5.41) is 0. The number of rotatable bonds is 6. The predicted molar refractivity (Wildman–Crippen MR) is 129 cm³/mol. The molecule has 2 saturated carbocycles. The highest BCUT2D eigenvalue weighted by atomic mass is 32.3. The number of fused-ring (bicyclic) bond motifs is 5. The van der Waals surface area contributed by atoms with Crippen molar-refractivity contribution in [2.45, 2.75) is 56.9 Å². The van der Waals surface area contributed by atoms with Crippen LogP contribution in [0.2, 0.25) is 0 Å². The van der Waals surface area contributed by atoms with Gasteiger partial charge in [-0.25, -0.2) is 17.2 Å². The van der Waals surface area contributed by atoms with Gasteiger partial charge >= 0.3 is 0 Å².